The summed E-state index contributed by atoms with van der Waals surface area (Å²) in [5.41, 5.74) is 4.42. The van der Waals surface area contributed by atoms with Gasteiger partial charge in [0, 0.05) is 37.5 Å². The summed E-state index contributed by atoms with van der Waals surface area (Å²) in [5.74, 6) is 1.73. The number of furan rings is 1. The maximum Gasteiger partial charge on any atom is 0.253 e. The van der Waals surface area contributed by atoms with Gasteiger partial charge in [-0.05, 0) is 60.5 Å². The number of nitrogens with zero attached hydrogens (tertiary/aromatic N) is 5. The first-order valence-corrected chi connectivity index (χ1v) is 14.1. The topological polar surface area (TPSA) is 67.4 Å². The monoisotopic (exact) mass is 553 g/mol. The van der Waals surface area contributed by atoms with Gasteiger partial charge < -0.3 is 14.2 Å². The second-order valence-electron chi connectivity index (χ2n) is 9.62. The number of piperazine rings is 1. The molecule has 3 aromatic carbocycles. The number of anilines is 1. The van der Waals surface area contributed by atoms with Crippen LogP contribution in [0.2, 0.25) is 0 Å². The third kappa shape index (κ3) is 5.24. The van der Waals surface area contributed by atoms with E-state index >= 15 is 0 Å². The summed E-state index contributed by atoms with van der Waals surface area (Å²) in [6.45, 7) is 4.37. The third-order valence-electron chi connectivity index (χ3n) is 7.06. The molecule has 0 saturated carbocycles. The summed E-state index contributed by atoms with van der Waals surface area (Å²) in [5, 5.41) is 9.66. The third-order valence-corrected chi connectivity index (χ3v) is 8.06. The molecule has 0 radical (unpaired) electrons. The predicted octanol–water partition coefficient (Wildman–Crippen LogP) is 6.23. The van der Waals surface area contributed by atoms with E-state index in [1.54, 1.807) is 30.2 Å². The van der Waals surface area contributed by atoms with Crippen LogP contribution in [-0.2, 0) is 5.75 Å². The molecule has 3 heterocycles. The molecular weight excluding hydrogens is 525 g/mol. The highest BCUT2D eigenvalue weighted by atomic mass is 32.2. The molecule has 0 bridgehead atoms. The Kier molecular flexibility index (Phi) is 7.37. The summed E-state index contributed by atoms with van der Waals surface area (Å²) >= 11 is 1.58. The Labute approximate surface area is 236 Å². The van der Waals surface area contributed by atoms with Gasteiger partial charge in [-0.25, -0.2) is 4.39 Å². The van der Waals surface area contributed by atoms with E-state index < -0.39 is 0 Å². The van der Waals surface area contributed by atoms with E-state index in [4.69, 9.17) is 4.42 Å². The van der Waals surface area contributed by atoms with E-state index in [1.807, 2.05) is 75.0 Å². The Hall–Kier alpha value is -4.37. The number of para-hydroxylation sites is 2. The first-order chi connectivity index (χ1) is 19.6. The smallest absolute Gasteiger partial charge is 0.253 e. The van der Waals surface area contributed by atoms with Crippen molar-refractivity contribution >= 4 is 23.4 Å². The molecule has 1 saturated heterocycles. The van der Waals surface area contributed by atoms with Gasteiger partial charge in [-0.2, -0.15) is 0 Å². The molecule has 1 aliphatic heterocycles. The van der Waals surface area contributed by atoms with Crippen LogP contribution in [-0.4, -0.2) is 51.8 Å². The number of carbonyl (C=O) groups excluding carboxylic acids is 1. The van der Waals surface area contributed by atoms with Gasteiger partial charge in [0.15, 0.2) is 10.9 Å². The van der Waals surface area contributed by atoms with Crippen molar-refractivity contribution in [3.05, 3.63) is 114 Å². The fourth-order valence-corrected chi connectivity index (χ4v) is 5.79. The molecule has 1 amide bonds. The SMILES string of the molecule is Cc1ccccc1-n1c(SCc2ccc(C(=O)N3CCN(c4ccccc4F)CC3)cc2)nnc1-c1ccco1. The van der Waals surface area contributed by atoms with Gasteiger partial charge in [-0.3, -0.25) is 9.36 Å². The zero-order chi connectivity index (χ0) is 27.5. The van der Waals surface area contributed by atoms with Crippen LogP contribution in [0.3, 0.4) is 0 Å². The summed E-state index contributed by atoms with van der Waals surface area (Å²) < 4.78 is 21.8. The zero-order valence-corrected chi connectivity index (χ0v) is 22.9. The largest absolute Gasteiger partial charge is 0.461 e. The number of aromatic nitrogens is 3. The van der Waals surface area contributed by atoms with Crippen molar-refractivity contribution in [1.82, 2.24) is 19.7 Å². The van der Waals surface area contributed by atoms with E-state index in [-0.39, 0.29) is 11.7 Å². The van der Waals surface area contributed by atoms with Gasteiger partial charge in [-0.15, -0.1) is 10.2 Å². The first-order valence-electron chi connectivity index (χ1n) is 13.1. The number of rotatable bonds is 7. The van der Waals surface area contributed by atoms with E-state index in [0.29, 0.717) is 54.8 Å². The summed E-state index contributed by atoms with van der Waals surface area (Å²) in [7, 11) is 0. The van der Waals surface area contributed by atoms with Crippen LogP contribution in [0.15, 0.2) is 101 Å². The zero-order valence-electron chi connectivity index (χ0n) is 22.0. The minimum atomic E-state index is -0.231. The molecular formula is C31H28FN5O2S. The Morgan fingerprint density at radius 2 is 1.60 bits per heavy atom. The molecule has 202 valence electrons. The van der Waals surface area contributed by atoms with Crippen molar-refractivity contribution in [1.29, 1.82) is 0 Å². The lowest BCUT2D eigenvalue weighted by molar-refractivity contribution is 0.0746. The second-order valence-corrected chi connectivity index (χ2v) is 10.6. The van der Waals surface area contributed by atoms with Gasteiger partial charge in [0.05, 0.1) is 17.6 Å². The van der Waals surface area contributed by atoms with Crippen molar-refractivity contribution in [3.8, 4) is 17.3 Å². The van der Waals surface area contributed by atoms with E-state index in [9.17, 15) is 9.18 Å². The predicted molar refractivity (Wildman–Crippen MR) is 154 cm³/mol. The number of benzene rings is 3. The number of halogens is 1. The van der Waals surface area contributed by atoms with Crippen LogP contribution in [0, 0.1) is 12.7 Å². The van der Waals surface area contributed by atoms with Crippen molar-refractivity contribution in [3.63, 3.8) is 0 Å². The Bertz CT molecular complexity index is 1610. The highest BCUT2D eigenvalue weighted by Gasteiger charge is 2.24. The summed E-state index contributed by atoms with van der Waals surface area (Å²) in [4.78, 5) is 17.0. The number of amides is 1. The number of hydrogen-bond donors (Lipinski definition) is 0. The van der Waals surface area contributed by atoms with Gasteiger partial charge in [0.2, 0.25) is 5.82 Å². The molecule has 0 spiro atoms. The Morgan fingerprint density at radius 3 is 2.30 bits per heavy atom. The number of carbonyl (C=O) groups is 1. The van der Waals surface area contributed by atoms with Crippen LogP contribution in [0.1, 0.15) is 21.5 Å². The maximum absolute atomic E-state index is 14.2. The molecule has 1 aliphatic rings. The fraction of sp³-hybridized carbons (Fsp3) is 0.194. The minimum absolute atomic E-state index is 0.00484. The van der Waals surface area contributed by atoms with E-state index in [2.05, 4.69) is 23.2 Å². The van der Waals surface area contributed by atoms with Gasteiger partial charge in [-0.1, -0.05) is 54.2 Å². The van der Waals surface area contributed by atoms with Crippen LogP contribution in [0.25, 0.3) is 17.3 Å². The average Bonchev–Trinajstić information content (AvgIpc) is 3.67. The molecule has 7 nitrogen and oxygen atoms in total. The maximum atomic E-state index is 14.2. The van der Waals surface area contributed by atoms with Gasteiger partial charge >= 0.3 is 0 Å². The van der Waals surface area contributed by atoms with Crippen molar-refractivity contribution in [2.45, 2.75) is 17.8 Å². The highest BCUT2D eigenvalue weighted by Crippen LogP contribution is 2.31. The minimum Gasteiger partial charge on any atom is -0.461 e. The molecule has 0 aliphatic carbocycles. The average molecular weight is 554 g/mol. The van der Waals surface area contributed by atoms with Crippen LogP contribution < -0.4 is 4.90 Å². The van der Waals surface area contributed by atoms with Gasteiger partial charge in [0.1, 0.15) is 5.82 Å². The summed E-state index contributed by atoms with van der Waals surface area (Å²) in [6, 6.07) is 26.3. The van der Waals surface area contributed by atoms with E-state index in [0.717, 1.165) is 22.0 Å². The summed E-state index contributed by atoms with van der Waals surface area (Å²) in [6.07, 6.45) is 1.63. The quantitative estimate of drug-likeness (QED) is 0.223. The first kappa shape index (κ1) is 25.9. The van der Waals surface area contributed by atoms with Crippen molar-refractivity contribution < 1.29 is 13.6 Å². The van der Waals surface area contributed by atoms with Crippen LogP contribution in [0.4, 0.5) is 10.1 Å². The van der Waals surface area contributed by atoms with E-state index in [1.165, 1.54) is 6.07 Å². The number of aryl methyl sites for hydroxylation is 1. The molecule has 0 unspecified atom stereocenters. The molecule has 40 heavy (non-hydrogen) atoms. The second kappa shape index (κ2) is 11.4. The van der Waals surface area contributed by atoms with Crippen molar-refractivity contribution in [2.24, 2.45) is 0 Å². The Balaban J connectivity index is 1.12. The molecule has 5 aromatic rings. The highest BCUT2D eigenvalue weighted by molar-refractivity contribution is 7.98. The van der Waals surface area contributed by atoms with Gasteiger partial charge in [0.25, 0.3) is 5.91 Å². The number of hydrogen-bond acceptors (Lipinski definition) is 6. The fourth-order valence-electron chi connectivity index (χ4n) is 4.89. The molecule has 0 N–H and O–H groups in total. The number of thioether (sulfide) groups is 1. The molecule has 6 rings (SSSR count). The molecule has 2 aromatic heterocycles. The van der Waals surface area contributed by atoms with Crippen molar-refractivity contribution in [2.75, 3.05) is 31.1 Å². The standard InChI is InChI=1S/C31H28FN5O2S/c1-22-7-2-4-9-26(22)37-29(28-11-6-20-39-28)33-34-31(37)40-21-23-12-14-24(15-13-23)30(38)36-18-16-35(17-19-36)27-10-5-3-8-25(27)32/h2-15,20H,16-19,21H2,1H3. The molecule has 0 atom stereocenters. The normalized spacial score (nSPS) is 13.6. The van der Waals surface area contributed by atoms with Crippen LogP contribution >= 0.6 is 11.8 Å². The molecule has 9 heteroatoms. The lowest BCUT2D eigenvalue weighted by atomic mass is 10.1. The molecule has 1 fully saturated rings. The van der Waals surface area contributed by atoms with Crippen LogP contribution in [0.5, 0.6) is 0 Å². The lowest BCUT2D eigenvalue weighted by Gasteiger charge is -2.36. The Morgan fingerprint density at radius 1 is 0.875 bits per heavy atom. The lowest BCUT2D eigenvalue weighted by Crippen LogP contribution is -2.49.